The first-order valence-corrected chi connectivity index (χ1v) is 10.3. The van der Waals surface area contributed by atoms with E-state index >= 15 is 0 Å². The van der Waals surface area contributed by atoms with E-state index in [9.17, 15) is 4.79 Å². The number of benzene rings is 1. The number of aromatic amines is 1. The molecule has 0 saturated heterocycles. The van der Waals surface area contributed by atoms with Gasteiger partial charge in [-0.1, -0.05) is 6.07 Å². The summed E-state index contributed by atoms with van der Waals surface area (Å²) in [5.41, 5.74) is 3.50. The van der Waals surface area contributed by atoms with Gasteiger partial charge < -0.3 is 14.5 Å². The molecule has 3 heterocycles. The number of nitrogens with one attached hydrogen (secondary N) is 1. The van der Waals surface area contributed by atoms with Crippen molar-refractivity contribution in [3.8, 4) is 22.9 Å². The van der Waals surface area contributed by atoms with Gasteiger partial charge in [0.2, 0.25) is 0 Å². The molecule has 7 heteroatoms. The van der Waals surface area contributed by atoms with Gasteiger partial charge in [-0.05, 0) is 50.1 Å². The molecule has 3 aromatic rings. The van der Waals surface area contributed by atoms with Gasteiger partial charge in [0.25, 0.3) is 5.56 Å². The number of hydrogen-bond acceptors (Lipinski definition) is 6. The molecule has 2 aromatic heterocycles. The number of ether oxygens (including phenoxy) is 2. The van der Waals surface area contributed by atoms with Gasteiger partial charge in [0.05, 0.1) is 18.9 Å². The lowest BCUT2D eigenvalue weighted by molar-refractivity contribution is 0.239. The summed E-state index contributed by atoms with van der Waals surface area (Å²) in [7, 11) is 0. The molecule has 7 nitrogen and oxygen atoms in total. The zero-order valence-electron chi connectivity index (χ0n) is 17.4. The van der Waals surface area contributed by atoms with E-state index in [1.807, 2.05) is 38.1 Å². The van der Waals surface area contributed by atoms with Gasteiger partial charge in [-0.3, -0.25) is 14.7 Å². The van der Waals surface area contributed by atoms with E-state index in [2.05, 4.69) is 20.9 Å². The fraction of sp³-hybridized carbons (Fsp3) is 0.348. The highest BCUT2D eigenvalue weighted by molar-refractivity contribution is 5.53. The molecule has 1 aromatic carbocycles. The second-order valence-electron chi connectivity index (χ2n) is 7.19. The highest BCUT2D eigenvalue weighted by atomic mass is 16.5. The molecule has 156 valence electrons. The fourth-order valence-electron chi connectivity index (χ4n) is 3.72. The van der Waals surface area contributed by atoms with Crippen LogP contribution in [0.2, 0.25) is 0 Å². The summed E-state index contributed by atoms with van der Waals surface area (Å²) < 4.78 is 11.4. The maximum Gasteiger partial charge on any atom is 0.254 e. The lowest BCUT2D eigenvalue weighted by atomic mass is 10.0. The molecule has 0 aliphatic carbocycles. The molecule has 0 atom stereocenters. The van der Waals surface area contributed by atoms with Crippen molar-refractivity contribution < 1.29 is 9.47 Å². The number of hydrogen-bond donors (Lipinski definition) is 1. The Labute approximate surface area is 175 Å². The van der Waals surface area contributed by atoms with Gasteiger partial charge >= 0.3 is 0 Å². The van der Waals surface area contributed by atoms with Gasteiger partial charge in [0.1, 0.15) is 5.82 Å². The minimum absolute atomic E-state index is 0.0572. The SMILES string of the molecule is CCOc1ccc(CN2CCc3c(nc(-c4cccnc4)[nH]c3=O)C2)cc1OCC. The van der Waals surface area contributed by atoms with Crippen LogP contribution in [-0.4, -0.2) is 39.6 Å². The largest absolute Gasteiger partial charge is 0.490 e. The monoisotopic (exact) mass is 406 g/mol. The maximum absolute atomic E-state index is 12.6. The van der Waals surface area contributed by atoms with Crippen LogP contribution in [0.1, 0.15) is 30.7 Å². The van der Waals surface area contributed by atoms with Gasteiger partial charge in [0, 0.05) is 43.2 Å². The number of fused-ring (bicyclic) bond motifs is 1. The number of aromatic nitrogens is 3. The van der Waals surface area contributed by atoms with Crippen LogP contribution in [0.5, 0.6) is 11.5 Å². The van der Waals surface area contributed by atoms with Crippen molar-refractivity contribution in [2.75, 3.05) is 19.8 Å². The Balaban J connectivity index is 1.55. The molecule has 0 amide bonds. The van der Waals surface area contributed by atoms with E-state index in [0.717, 1.165) is 47.0 Å². The zero-order valence-corrected chi connectivity index (χ0v) is 17.4. The molecule has 0 saturated carbocycles. The summed E-state index contributed by atoms with van der Waals surface area (Å²) in [6.07, 6.45) is 4.09. The third-order valence-electron chi connectivity index (χ3n) is 5.10. The second-order valence-corrected chi connectivity index (χ2v) is 7.19. The first-order chi connectivity index (χ1) is 14.7. The third-order valence-corrected chi connectivity index (χ3v) is 5.10. The minimum atomic E-state index is -0.0572. The van der Waals surface area contributed by atoms with Crippen molar-refractivity contribution in [1.82, 2.24) is 19.9 Å². The number of nitrogens with zero attached hydrogens (tertiary/aromatic N) is 3. The highest BCUT2D eigenvalue weighted by Crippen LogP contribution is 2.29. The summed E-state index contributed by atoms with van der Waals surface area (Å²) in [6, 6.07) is 9.80. The Bertz CT molecular complexity index is 1070. The van der Waals surface area contributed by atoms with Gasteiger partial charge in [0.15, 0.2) is 11.5 Å². The average Bonchev–Trinajstić information content (AvgIpc) is 2.76. The Kier molecular flexibility index (Phi) is 6.09. The summed E-state index contributed by atoms with van der Waals surface area (Å²) in [5.74, 6) is 2.09. The van der Waals surface area contributed by atoms with E-state index < -0.39 is 0 Å². The molecular weight excluding hydrogens is 380 g/mol. The van der Waals surface area contributed by atoms with Crippen molar-refractivity contribution in [3.63, 3.8) is 0 Å². The van der Waals surface area contributed by atoms with Crippen LogP contribution in [0.4, 0.5) is 0 Å². The molecule has 0 spiro atoms. The fourth-order valence-corrected chi connectivity index (χ4v) is 3.72. The van der Waals surface area contributed by atoms with E-state index in [0.29, 0.717) is 32.0 Å². The molecule has 1 aliphatic heterocycles. The minimum Gasteiger partial charge on any atom is -0.490 e. The molecule has 0 bridgehead atoms. The standard InChI is InChI=1S/C23H26N4O3/c1-3-29-20-8-7-16(12-21(20)30-4-2)14-27-11-9-18-19(15-27)25-22(26-23(18)28)17-6-5-10-24-13-17/h5-8,10,12-13H,3-4,9,11,14-15H2,1-2H3,(H,25,26,28). The molecule has 0 fully saturated rings. The van der Waals surface area contributed by atoms with Gasteiger partial charge in [-0.15, -0.1) is 0 Å². The predicted molar refractivity (Wildman–Crippen MR) is 115 cm³/mol. The van der Waals surface area contributed by atoms with Crippen LogP contribution in [0.3, 0.4) is 0 Å². The average molecular weight is 406 g/mol. The van der Waals surface area contributed by atoms with Crippen molar-refractivity contribution in [2.24, 2.45) is 0 Å². The van der Waals surface area contributed by atoms with Crippen LogP contribution < -0.4 is 15.0 Å². The second kappa shape index (κ2) is 9.09. The highest BCUT2D eigenvalue weighted by Gasteiger charge is 2.22. The molecule has 0 radical (unpaired) electrons. The summed E-state index contributed by atoms with van der Waals surface area (Å²) in [6.45, 7) is 7.30. The number of H-pyrrole nitrogens is 1. The topological polar surface area (TPSA) is 80.3 Å². The maximum atomic E-state index is 12.6. The normalized spacial score (nSPS) is 13.7. The number of pyridine rings is 1. The van der Waals surface area contributed by atoms with Crippen LogP contribution in [-0.2, 0) is 19.5 Å². The van der Waals surface area contributed by atoms with Crippen molar-refractivity contribution in [2.45, 2.75) is 33.4 Å². The van der Waals surface area contributed by atoms with Gasteiger partial charge in [-0.2, -0.15) is 0 Å². The Morgan fingerprint density at radius 2 is 1.97 bits per heavy atom. The predicted octanol–water partition coefficient (Wildman–Crippen LogP) is 3.19. The quantitative estimate of drug-likeness (QED) is 0.649. The summed E-state index contributed by atoms with van der Waals surface area (Å²) >= 11 is 0. The molecule has 0 unspecified atom stereocenters. The van der Waals surface area contributed by atoms with Crippen LogP contribution in [0.15, 0.2) is 47.5 Å². The zero-order chi connectivity index (χ0) is 20.9. The van der Waals surface area contributed by atoms with Crippen LogP contribution in [0.25, 0.3) is 11.4 Å². The lowest BCUT2D eigenvalue weighted by Gasteiger charge is -2.28. The molecule has 30 heavy (non-hydrogen) atoms. The lowest BCUT2D eigenvalue weighted by Crippen LogP contribution is -2.35. The van der Waals surface area contributed by atoms with E-state index in [1.165, 1.54) is 0 Å². The smallest absolute Gasteiger partial charge is 0.254 e. The Morgan fingerprint density at radius 3 is 2.73 bits per heavy atom. The van der Waals surface area contributed by atoms with E-state index in [4.69, 9.17) is 14.5 Å². The van der Waals surface area contributed by atoms with E-state index in [1.54, 1.807) is 12.4 Å². The van der Waals surface area contributed by atoms with Crippen LogP contribution in [0, 0.1) is 0 Å². The van der Waals surface area contributed by atoms with Gasteiger partial charge in [-0.25, -0.2) is 4.98 Å². The van der Waals surface area contributed by atoms with Crippen molar-refractivity contribution in [1.29, 1.82) is 0 Å². The first-order valence-electron chi connectivity index (χ1n) is 10.3. The van der Waals surface area contributed by atoms with Crippen molar-refractivity contribution in [3.05, 3.63) is 69.9 Å². The molecular formula is C23H26N4O3. The summed E-state index contributed by atoms with van der Waals surface area (Å²) in [4.78, 5) is 26.6. The number of rotatable bonds is 7. The Morgan fingerprint density at radius 1 is 1.13 bits per heavy atom. The van der Waals surface area contributed by atoms with Crippen molar-refractivity contribution >= 4 is 0 Å². The van der Waals surface area contributed by atoms with E-state index in [-0.39, 0.29) is 5.56 Å². The Hall–Kier alpha value is -3.19. The molecule has 1 aliphatic rings. The third kappa shape index (κ3) is 4.36. The first kappa shape index (κ1) is 20.1. The van der Waals surface area contributed by atoms with Crippen LogP contribution >= 0.6 is 0 Å². The molecule has 1 N–H and O–H groups in total. The molecule has 4 rings (SSSR count). The summed E-state index contributed by atoms with van der Waals surface area (Å²) in [5, 5.41) is 0.